The highest BCUT2D eigenvalue weighted by atomic mass is 35.5. The van der Waals surface area contributed by atoms with E-state index in [0.717, 1.165) is 37.6 Å². The second-order valence-corrected chi connectivity index (χ2v) is 6.81. The molecule has 0 atom stereocenters. The molecule has 0 amide bonds. The van der Waals surface area contributed by atoms with Crippen LogP contribution >= 0.6 is 11.6 Å². The number of anilines is 1. The largest absolute Gasteiger partial charge is 0.415 e. The minimum Gasteiger partial charge on any atom is -0.415 e. The third-order valence-electron chi connectivity index (χ3n) is 4.50. The van der Waals surface area contributed by atoms with Gasteiger partial charge in [-0.1, -0.05) is 29.8 Å². The lowest BCUT2D eigenvalue weighted by Crippen LogP contribution is -2.36. The van der Waals surface area contributed by atoms with Crippen molar-refractivity contribution >= 4 is 34.1 Å². The summed E-state index contributed by atoms with van der Waals surface area (Å²) >= 11 is 6.34. The third kappa shape index (κ3) is 4.44. The molecular weight excluding hydrogens is 396 g/mol. The Hall–Kier alpha value is -3.23. The molecule has 1 aliphatic rings. The van der Waals surface area contributed by atoms with Gasteiger partial charge in [0.1, 0.15) is 5.03 Å². The molecule has 1 aromatic heterocycles. The van der Waals surface area contributed by atoms with E-state index in [0.29, 0.717) is 5.56 Å². The first-order valence-electron chi connectivity index (χ1n) is 8.99. The van der Waals surface area contributed by atoms with E-state index in [1.807, 2.05) is 24.3 Å². The molecular formula is C20H17ClN4O4. The van der Waals surface area contributed by atoms with Crippen molar-refractivity contribution in [3.8, 4) is 11.5 Å². The van der Waals surface area contributed by atoms with Gasteiger partial charge in [-0.2, -0.15) is 0 Å². The van der Waals surface area contributed by atoms with E-state index in [1.165, 1.54) is 12.1 Å². The highest BCUT2D eigenvalue weighted by Crippen LogP contribution is 2.27. The van der Waals surface area contributed by atoms with Crippen molar-refractivity contribution in [2.75, 3.05) is 31.2 Å². The van der Waals surface area contributed by atoms with Gasteiger partial charge in [-0.3, -0.25) is 10.1 Å². The number of benzene rings is 2. The first-order chi connectivity index (χ1) is 14.1. The van der Waals surface area contributed by atoms with Crippen LogP contribution in [0.3, 0.4) is 0 Å². The van der Waals surface area contributed by atoms with Crippen molar-refractivity contribution in [2.45, 2.75) is 0 Å². The topological polar surface area (TPSA) is 94.5 Å². The summed E-state index contributed by atoms with van der Waals surface area (Å²) in [5, 5.41) is 19.1. The predicted molar refractivity (Wildman–Crippen MR) is 110 cm³/mol. The van der Waals surface area contributed by atoms with Gasteiger partial charge in [0, 0.05) is 36.5 Å². The zero-order valence-electron chi connectivity index (χ0n) is 15.3. The van der Waals surface area contributed by atoms with Crippen molar-refractivity contribution in [3.63, 3.8) is 0 Å². The molecule has 4 rings (SSSR count). The Kier molecular flexibility index (Phi) is 5.55. The molecule has 2 aromatic carbocycles. The van der Waals surface area contributed by atoms with Crippen LogP contribution < -0.4 is 4.90 Å². The quantitative estimate of drug-likeness (QED) is 0.457. The Balaban J connectivity index is 1.51. The lowest BCUT2D eigenvalue weighted by molar-refractivity contribution is -0.384. The number of nitro benzene ring substituents is 1. The molecule has 1 saturated heterocycles. The summed E-state index contributed by atoms with van der Waals surface area (Å²) in [7, 11) is 0. The lowest BCUT2D eigenvalue weighted by atomic mass is 10.1. The number of non-ortho nitro benzene ring substituents is 1. The lowest BCUT2D eigenvalue weighted by Gasteiger charge is -2.28. The maximum atomic E-state index is 10.9. The summed E-state index contributed by atoms with van der Waals surface area (Å²) in [5.74, 6) is 0.309. The molecule has 0 aliphatic carbocycles. The minimum absolute atomic E-state index is 0.0516. The van der Waals surface area contributed by atoms with Gasteiger partial charge in [-0.15, -0.1) is 10.2 Å². The van der Waals surface area contributed by atoms with E-state index in [1.54, 1.807) is 18.2 Å². The Morgan fingerprint density at radius 2 is 1.90 bits per heavy atom. The molecule has 2 heterocycles. The minimum atomic E-state index is -0.478. The smallest absolute Gasteiger partial charge is 0.270 e. The average Bonchev–Trinajstić information content (AvgIpc) is 3.26. The van der Waals surface area contributed by atoms with Crippen LogP contribution in [0.1, 0.15) is 11.5 Å². The van der Waals surface area contributed by atoms with Gasteiger partial charge in [0.2, 0.25) is 5.89 Å². The molecule has 8 nitrogen and oxygen atoms in total. The van der Waals surface area contributed by atoms with Crippen molar-refractivity contribution in [1.82, 2.24) is 10.2 Å². The number of rotatable bonds is 5. The number of hydrogen-bond donors (Lipinski definition) is 0. The zero-order valence-corrected chi connectivity index (χ0v) is 16.1. The standard InChI is InChI=1S/C20H17ClN4O4/c21-18(12-14-4-6-16(7-5-14)24-8-10-28-11-9-24)20-23-22-19(29-20)15-2-1-3-17(13-15)25(26)27/h1-7,12-13H,8-11H2/b18-12-. The summed E-state index contributed by atoms with van der Waals surface area (Å²) in [6, 6.07) is 14.0. The number of halogens is 1. The first-order valence-corrected chi connectivity index (χ1v) is 9.36. The van der Waals surface area contributed by atoms with Gasteiger partial charge in [0.15, 0.2) is 0 Å². The molecule has 0 N–H and O–H groups in total. The first kappa shape index (κ1) is 19.1. The zero-order chi connectivity index (χ0) is 20.2. The van der Waals surface area contributed by atoms with Crippen molar-refractivity contribution in [1.29, 1.82) is 0 Å². The van der Waals surface area contributed by atoms with E-state index in [2.05, 4.69) is 15.1 Å². The average molecular weight is 413 g/mol. The summed E-state index contributed by atoms with van der Waals surface area (Å²) in [6.45, 7) is 3.21. The molecule has 0 radical (unpaired) electrons. The van der Waals surface area contributed by atoms with Crippen molar-refractivity contribution in [3.05, 3.63) is 70.1 Å². The Morgan fingerprint density at radius 1 is 1.14 bits per heavy atom. The van der Waals surface area contributed by atoms with E-state index in [4.69, 9.17) is 20.8 Å². The molecule has 0 unspecified atom stereocenters. The number of nitro groups is 1. The van der Waals surface area contributed by atoms with Gasteiger partial charge < -0.3 is 14.1 Å². The Bertz CT molecular complexity index is 1040. The van der Waals surface area contributed by atoms with E-state index in [-0.39, 0.29) is 22.5 Å². The van der Waals surface area contributed by atoms with Crippen LogP contribution in [-0.4, -0.2) is 41.4 Å². The molecule has 148 valence electrons. The molecule has 1 aliphatic heterocycles. The Morgan fingerprint density at radius 3 is 2.62 bits per heavy atom. The maximum Gasteiger partial charge on any atom is 0.270 e. The number of ether oxygens (including phenoxy) is 1. The van der Waals surface area contributed by atoms with E-state index in [9.17, 15) is 10.1 Å². The third-order valence-corrected chi connectivity index (χ3v) is 4.77. The number of nitrogens with zero attached hydrogens (tertiary/aromatic N) is 4. The van der Waals surface area contributed by atoms with Crippen molar-refractivity contribution < 1.29 is 14.1 Å². The monoisotopic (exact) mass is 412 g/mol. The van der Waals surface area contributed by atoms with Gasteiger partial charge in [-0.25, -0.2) is 0 Å². The number of aromatic nitrogens is 2. The second-order valence-electron chi connectivity index (χ2n) is 6.40. The summed E-state index contributed by atoms with van der Waals surface area (Å²) in [6.07, 6.45) is 1.73. The van der Waals surface area contributed by atoms with Crippen LogP contribution in [0.5, 0.6) is 0 Å². The van der Waals surface area contributed by atoms with Gasteiger partial charge in [0.05, 0.1) is 18.1 Å². The predicted octanol–water partition coefficient (Wildman–Crippen LogP) is 4.22. The number of morpholine rings is 1. The second kappa shape index (κ2) is 8.42. The van der Waals surface area contributed by atoms with Gasteiger partial charge in [0.25, 0.3) is 11.6 Å². The molecule has 9 heteroatoms. The fourth-order valence-corrected chi connectivity index (χ4v) is 3.20. The SMILES string of the molecule is O=[N+]([O-])c1cccc(-c2nnc(/C(Cl)=C/c3ccc(N4CCOCC4)cc3)o2)c1. The van der Waals surface area contributed by atoms with Crippen LogP contribution in [0, 0.1) is 10.1 Å². The molecule has 3 aromatic rings. The molecule has 0 spiro atoms. The highest BCUT2D eigenvalue weighted by Gasteiger charge is 2.15. The van der Waals surface area contributed by atoms with Crippen LogP contribution in [0.25, 0.3) is 22.6 Å². The molecule has 0 saturated carbocycles. The van der Waals surface area contributed by atoms with Crippen LogP contribution in [0.2, 0.25) is 0 Å². The van der Waals surface area contributed by atoms with Crippen molar-refractivity contribution in [2.24, 2.45) is 0 Å². The van der Waals surface area contributed by atoms with E-state index < -0.39 is 4.92 Å². The van der Waals surface area contributed by atoms with Gasteiger partial charge >= 0.3 is 0 Å². The van der Waals surface area contributed by atoms with Crippen LogP contribution in [0.4, 0.5) is 11.4 Å². The van der Waals surface area contributed by atoms with Gasteiger partial charge in [-0.05, 0) is 29.8 Å². The normalized spacial score (nSPS) is 14.8. The number of hydrogen-bond acceptors (Lipinski definition) is 7. The Labute approximate surface area is 171 Å². The summed E-state index contributed by atoms with van der Waals surface area (Å²) < 4.78 is 11.0. The van der Waals surface area contributed by atoms with Crippen LogP contribution in [0.15, 0.2) is 52.9 Å². The van der Waals surface area contributed by atoms with Crippen LogP contribution in [-0.2, 0) is 4.74 Å². The molecule has 0 bridgehead atoms. The molecule has 29 heavy (non-hydrogen) atoms. The fourth-order valence-electron chi connectivity index (χ4n) is 3.00. The summed E-state index contributed by atoms with van der Waals surface area (Å²) in [4.78, 5) is 12.7. The maximum absolute atomic E-state index is 10.9. The highest BCUT2D eigenvalue weighted by molar-refractivity contribution is 6.50. The fraction of sp³-hybridized carbons (Fsp3) is 0.200. The van der Waals surface area contributed by atoms with E-state index >= 15 is 0 Å². The summed E-state index contributed by atoms with van der Waals surface area (Å²) in [5.41, 5.74) is 2.43. The molecule has 1 fully saturated rings.